The Morgan fingerprint density at radius 2 is 1.53 bits per heavy atom. The van der Waals surface area contributed by atoms with Crippen molar-refractivity contribution in [3.8, 4) is 5.75 Å². The molecule has 0 aliphatic carbocycles. The second-order valence-corrected chi connectivity index (χ2v) is 7.89. The molecule has 10 heteroatoms. The molecule has 7 nitrogen and oxygen atoms in total. The van der Waals surface area contributed by atoms with Gasteiger partial charge in [-0.1, -0.05) is 26.8 Å². The average molecular weight is 452 g/mol. The van der Waals surface area contributed by atoms with Gasteiger partial charge >= 0.3 is 12.3 Å². The summed E-state index contributed by atoms with van der Waals surface area (Å²) in [7, 11) is 0. The number of hydrogen-bond donors (Lipinski definition) is 2. The minimum Gasteiger partial charge on any atom is -0.449 e. The zero-order valence-electron chi connectivity index (χ0n) is 17.9. The van der Waals surface area contributed by atoms with Crippen molar-refractivity contribution in [1.82, 2.24) is 0 Å². The normalized spacial score (nSPS) is 12.5. The number of alkyl halides is 3. The van der Waals surface area contributed by atoms with Gasteiger partial charge in [-0.3, -0.25) is 9.59 Å². The van der Waals surface area contributed by atoms with Crippen molar-refractivity contribution in [2.45, 2.75) is 40.2 Å². The van der Waals surface area contributed by atoms with Gasteiger partial charge in [0.05, 0.1) is 5.56 Å². The Bertz CT molecular complexity index is 982. The molecule has 0 saturated heterocycles. The first kappa shape index (κ1) is 24.7. The van der Waals surface area contributed by atoms with E-state index in [-0.39, 0.29) is 17.2 Å². The van der Waals surface area contributed by atoms with Crippen LogP contribution in [0.5, 0.6) is 5.75 Å². The third kappa shape index (κ3) is 7.60. The van der Waals surface area contributed by atoms with Gasteiger partial charge in [0.25, 0.3) is 5.91 Å². The van der Waals surface area contributed by atoms with Crippen LogP contribution in [0.15, 0.2) is 48.5 Å². The van der Waals surface area contributed by atoms with E-state index < -0.39 is 35.5 Å². The van der Waals surface area contributed by atoms with E-state index in [1.165, 1.54) is 31.2 Å². The third-order valence-electron chi connectivity index (χ3n) is 4.05. The van der Waals surface area contributed by atoms with E-state index in [2.05, 4.69) is 15.4 Å². The number of anilines is 2. The average Bonchev–Trinajstić information content (AvgIpc) is 2.67. The summed E-state index contributed by atoms with van der Waals surface area (Å²) >= 11 is 0. The van der Waals surface area contributed by atoms with Gasteiger partial charge < -0.3 is 20.1 Å². The summed E-state index contributed by atoms with van der Waals surface area (Å²) in [6, 6.07) is 10.6. The number of halogens is 3. The smallest absolute Gasteiger partial charge is 0.449 e. The highest BCUT2D eigenvalue weighted by Crippen LogP contribution is 2.24. The predicted molar refractivity (Wildman–Crippen MR) is 111 cm³/mol. The molecule has 0 aliphatic heterocycles. The fraction of sp³-hybridized carbons (Fsp3) is 0.318. The Labute approximate surface area is 182 Å². The van der Waals surface area contributed by atoms with Crippen LogP contribution in [-0.4, -0.2) is 30.2 Å². The largest absolute Gasteiger partial charge is 0.573 e. The lowest BCUT2D eigenvalue weighted by Gasteiger charge is -2.18. The highest BCUT2D eigenvalue weighted by Gasteiger charge is 2.31. The van der Waals surface area contributed by atoms with Gasteiger partial charge in [-0.2, -0.15) is 0 Å². The minimum absolute atomic E-state index is 0.130. The van der Waals surface area contributed by atoms with Crippen LogP contribution in [0, 0.1) is 5.41 Å². The molecule has 0 spiro atoms. The molecule has 2 aromatic rings. The molecule has 0 aliphatic rings. The van der Waals surface area contributed by atoms with Crippen LogP contribution in [0.1, 0.15) is 38.1 Å². The van der Waals surface area contributed by atoms with E-state index in [9.17, 15) is 27.6 Å². The molecule has 0 bridgehead atoms. The molecule has 0 heterocycles. The maximum Gasteiger partial charge on any atom is 0.573 e. The number of ether oxygens (including phenoxy) is 2. The Kier molecular flexibility index (Phi) is 7.50. The Morgan fingerprint density at radius 1 is 0.906 bits per heavy atom. The van der Waals surface area contributed by atoms with Gasteiger partial charge in [-0.15, -0.1) is 13.2 Å². The predicted octanol–water partition coefficient (Wildman–Crippen LogP) is 4.75. The van der Waals surface area contributed by atoms with Gasteiger partial charge in [0.15, 0.2) is 6.10 Å². The lowest BCUT2D eigenvalue weighted by molar-refractivity contribution is -0.274. The summed E-state index contributed by atoms with van der Waals surface area (Å²) in [6.45, 7) is 6.59. The van der Waals surface area contributed by atoms with Gasteiger partial charge in [0, 0.05) is 16.8 Å². The minimum atomic E-state index is -4.82. The molecule has 2 amide bonds. The number of esters is 1. The Balaban J connectivity index is 1.96. The van der Waals surface area contributed by atoms with Crippen molar-refractivity contribution < 1.29 is 37.0 Å². The highest BCUT2D eigenvalue weighted by atomic mass is 19.4. The van der Waals surface area contributed by atoms with Crippen LogP contribution in [0.25, 0.3) is 0 Å². The summed E-state index contributed by atoms with van der Waals surface area (Å²) in [6.07, 6.45) is -6.01. The first-order chi connectivity index (χ1) is 14.7. The summed E-state index contributed by atoms with van der Waals surface area (Å²) in [4.78, 5) is 36.7. The van der Waals surface area contributed by atoms with Crippen molar-refractivity contribution in [3.05, 3.63) is 54.1 Å². The first-order valence-corrected chi connectivity index (χ1v) is 9.54. The summed E-state index contributed by atoms with van der Waals surface area (Å²) in [5, 5.41) is 5.13. The first-order valence-electron chi connectivity index (χ1n) is 9.54. The molecular weight excluding hydrogens is 429 g/mol. The molecule has 1 atom stereocenters. The van der Waals surface area contributed by atoms with E-state index in [4.69, 9.17) is 4.74 Å². The van der Waals surface area contributed by atoms with Crippen molar-refractivity contribution in [1.29, 1.82) is 0 Å². The zero-order chi connectivity index (χ0) is 24.1. The molecule has 1 unspecified atom stereocenters. The van der Waals surface area contributed by atoms with Crippen molar-refractivity contribution in [2.24, 2.45) is 5.41 Å². The summed E-state index contributed by atoms with van der Waals surface area (Å²) in [5.41, 5.74) is 0.0992. The van der Waals surface area contributed by atoms with Gasteiger partial charge in [0.2, 0.25) is 5.91 Å². The monoisotopic (exact) mass is 452 g/mol. The lowest BCUT2D eigenvalue weighted by Crippen LogP contribution is -2.30. The molecule has 2 aromatic carbocycles. The third-order valence-corrected chi connectivity index (χ3v) is 4.05. The van der Waals surface area contributed by atoms with Crippen LogP contribution in [0.4, 0.5) is 24.5 Å². The molecule has 0 radical (unpaired) electrons. The van der Waals surface area contributed by atoms with Gasteiger partial charge in [-0.25, -0.2) is 4.79 Å². The van der Waals surface area contributed by atoms with Crippen molar-refractivity contribution >= 4 is 29.2 Å². The van der Waals surface area contributed by atoms with Gasteiger partial charge in [0.1, 0.15) is 5.75 Å². The molecule has 0 saturated carbocycles. The topological polar surface area (TPSA) is 93.7 Å². The fourth-order valence-electron chi connectivity index (χ4n) is 2.31. The number of carbonyl (C=O) groups excluding carboxylic acids is 3. The number of amides is 2. The van der Waals surface area contributed by atoms with Crippen LogP contribution < -0.4 is 15.4 Å². The lowest BCUT2D eigenvalue weighted by atomic mass is 9.95. The fourth-order valence-corrected chi connectivity index (χ4v) is 2.31. The number of nitrogens with one attached hydrogen (secondary N) is 2. The summed E-state index contributed by atoms with van der Waals surface area (Å²) < 4.78 is 45.5. The maximum atomic E-state index is 12.4. The molecular formula is C22H23F3N2O5. The van der Waals surface area contributed by atoms with Crippen molar-refractivity contribution in [3.63, 3.8) is 0 Å². The van der Waals surface area contributed by atoms with E-state index in [0.717, 1.165) is 12.1 Å². The number of carbonyl (C=O) groups is 3. The van der Waals surface area contributed by atoms with Crippen LogP contribution in [0.3, 0.4) is 0 Å². The van der Waals surface area contributed by atoms with E-state index in [0.29, 0.717) is 5.69 Å². The van der Waals surface area contributed by atoms with Crippen molar-refractivity contribution in [2.75, 3.05) is 10.6 Å². The molecule has 172 valence electrons. The highest BCUT2D eigenvalue weighted by molar-refractivity contribution is 5.99. The van der Waals surface area contributed by atoms with Crippen LogP contribution >= 0.6 is 0 Å². The summed E-state index contributed by atoms with van der Waals surface area (Å²) in [5.74, 6) is -2.13. The molecule has 32 heavy (non-hydrogen) atoms. The molecule has 0 aromatic heterocycles. The molecule has 2 N–H and O–H groups in total. The SMILES string of the molecule is CC(OC(=O)c1cccc(NC(=O)C(C)(C)C)c1)C(=O)Nc1ccc(OC(F)(F)F)cc1. The van der Waals surface area contributed by atoms with E-state index in [1.807, 2.05) is 0 Å². The molecule has 0 fully saturated rings. The van der Waals surface area contributed by atoms with E-state index in [1.54, 1.807) is 32.9 Å². The van der Waals surface area contributed by atoms with Crippen LogP contribution in [0.2, 0.25) is 0 Å². The standard InChI is InChI=1S/C22H23F3N2O5/c1-13(18(28)26-15-8-10-17(11-9-15)32-22(23,24)25)31-19(29)14-6-5-7-16(12-14)27-20(30)21(2,3)4/h5-13H,1-4H3,(H,26,28)(H,27,30). The van der Waals surface area contributed by atoms with E-state index >= 15 is 0 Å². The second kappa shape index (κ2) is 9.71. The quantitative estimate of drug-likeness (QED) is 0.617. The maximum absolute atomic E-state index is 12.4. The number of benzene rings is 2. The number of hydrogen-bond acceptors (Lipinski definition) is 5. The second-order valence-electron chi connectivity index (χ2n) is 7.89. The number of rotatable bonds is 6. The Hall–Kier alpha value is -3.56. The van der Waals surface area contributed by atoms with Crippen LogP contribution in [-0.2, 0) is 14.3 Å². The Morgan fingerprint density at radius 3 is 2.09 bits per heavy atom. The van der Waals surface area contributed by atoms with Gasteiger partial charge in [-0.05, 0) is 49.4 Å². The zero-order valence-corrected chi connectivity index (χ0v) is 17.9. The molecule has 2 rings (SSSR count).